The molecule has 1 N–H and O–H groups in total. The number of amides is 1. The molecule has 1 amide bonds. The molecule has 3 fully saturated rings. The highest BCUT2D eigenvalue weighted by Gasteiger charge is 2.43. The minimum atomic E-state index is 0.141. The molecule has 7 nitrogen and oxygen atoms in total. The van der Waals surface area contributed by atoms with E-state index >= 15 is 0 Å². The number of piperidine rings is 3. The molecule has 0 saturated carbocycles. The molecule has 0 aromatic carbocycles. The van der Waals surface area contributed by atoms with Crippen LogP contribution < -0.4 is 5.32 Å². The molecule has 4 rings (SSSR count). The van der Waals surface area contributed by atoms with E-state index in [9.17, 15) is 4.79 Å². The molecule has 1 aromatic heterocycles. The van der Waals surface area contributed by atoms with E-state index in [2.05, 4.69) is 20.5 Å². The van der Waals surface area contributed by atoms with Crippen LogP contribution in [0, 0.1) is 11.8 Å². The van der Waals surface area contributed by atoms with Crippen molar-refractivity contribution in [3.63, 3.8) is 0 Å². The van der Waals surface area contributed by atoms with Crippen molar-refractivity contribution in [1.29, 1.82) is 0 Å². The number of hydrogen-bond donors (Lipinski definition) is 1. The zero-order valence-corrected chi connectivity index (χ0v) is 14.2. The summed E-state index contributed by atoms with van der Waals surface area (Å²) in [7, 11) is 1.66. The third-order valence-electron chi connectivity index (χ3n) is 4.92. The minimum absolute atomic E-state index is 0.141. The van der Waals surface area contributed by atoms with Crippen LogP contribution >= 0.6 is 0 Å². The van der Waals surface area contributed by atoms with E-state index in [4.69, 9.17) is 4.74 Å². The predicted molar refractivity (Wildman–Crippen MR) is 85.6 cm³/mol. The first-order valence-electron chi connectivity index (χ1n) is 8.49. The van der Waals surface area contributed by atoms with Crippen LogP contribution in [0.2, 0.25) is 0 Å². The fraction of sp³-hybridized carbons (Fsp3) is 0.812. The third kappa shape index (κ3) is 3.72. The van der Waals surface area contributed by atoms with Gasteiger partial charge in [-0.05, 0) is 39.2 Å². The fourth-order valence-electron chi connectivity index (χ4n) is 3.87. The molecule has 2 unspecified atom stereocenters. The summed E-state index contributed by atoms with van der Waals surface area (Å²) < 4.78 is 6.99. The van der Waals surface area contributed by atoms with Gasteiger partial charge in [-0.3, -0.25) is 14.4 Å². The molecule has 1 aromatic rings. The summed E-state index contributed by atoms with van der Waals surface area (Å²) in [6.45, 7) is 7.32. The Morgan fingerprint density at radius 1 is 1.52 bits per heavy atom. The summed E-state index contributed by atoms with van der Waals surface area (Å²) in [5, 5.41) is 11.4. The Morgan fingerprint density at radius 2 is 2.35 bits per heavy atom. The Bertz CT molecular complexity index is 544. The van der Waals surface area contributed by atoms with E-state index in [0.717, 1.165) is 38.2 Å². The first-order chi connectivity index (χ1) is 11.1. The summed E-state index contributed by atoms with van der Waals surface area (Å²) in [4.78, 5) is 14.8. The summed E-state index contributed by atoms with van der Waals surface area (Å²) in [6.07, 6.45) is 4.14. The Morgan fingerprint density at radius 3 is 3.00 bits per heavy atom. The monoisotopic (exact) mass is 321 g/mol. The third-order valence-corrected chi connectivity index (χ3v) is 4.92. The van der Waals surface area contributed by atoms with Gasteiger partial charge in [0.2, 0.25) is 5.91 Å². The zero-order valence-electron chi connectivity index (χ0n) is 14.2. The van der Waals surface area contributed by atoms with Crippen LogP contribution in [0.25, 0.3) is 0 Å². The molecule has 3 aliphatic heterocycles. The topological polar surface area (TPSA) is 72.3 Å². The van der Waals surface area contributed by atoms with Gasteiger partial charge >= 0.3 is 0 Å². The normalized spacial score (nSPS) is 29.9. The molecule has 3 saturated heterocycles. The maximum absolute atomic E-state index is 12.4. The van der Waals surface area contributed by atoms with Crippen molar-refractivity contribution in [2.45, 2.75) is 51.9 Å². The lowest BCUT2D eigenvalue weighted by molar-refractivity contribution is -0.133. The molecule has 7 heteroatoms. The van der Waals surface area contributed by atoms with Crippen molar-refractivity contribution in [1.82, 2.24) is 25.2 Å². The zero-order chi connectivity index (χ0) is 16.4. The van der Waals surface area contributed by atoms with Crippen molar-refractivity contribution < 1.29 is 9.53 Å². The van der Waals surface area contributed by atoms with Crippen LogP contribution in [0.1, 0.15) is 32.4 Å². The lowest BCUT2D eigenvalue weighted by atomic mass is 9.75. The van der Waals surface area contributed by atoms with E-state index in [0.29, 0.717) is 18.6 Å². The Balaban J connectivity index is 1.59. The van der Waals surface area contributed by atoms with Crippen LogP contribution in [0.5, 0.6) is 0 Å². The molecule has 0 radical (unpaired) electrons. The number of carbonyl (C=O) groups excluding carboxylic acids is 1. The van der Waals surface area contributed by atoms with Gasteiger partial charge in [-0.25, -0.2) is 0 Å². The largest absolute Gasteiger partial charge is 0.378 e. The van der Waals surface area contributed by atoms with Gasteiger partial charge in [0.15, 0.2) is 0 Å². The first kappa shape index (κ1) is 16.4. The molecule has 23 heavy (non-hydrogen) atoms. The average molecular weight is 321 g/mol. The van der Waals surface area contributed by atoms with Crippen LogP contribution in [0.4, 0.5) is 0 Å². The maximum Gasteiger partial charge on any atom is 0.224 e. The van der Waals surface area contributed by atoms with Gasteiger partial charge in [0.1, 0.15) is 5.69 Å². The average Bonchev–Trinajstić information content (AvgIpc) is 2.95. The van der Waals surface area contributed by atoms with Gasteiger partial charge in [-0.2, -0.15) is 0 Å². The molecular formula is C16H27N5O2. The van der Waals surface area contributed by atoms with E-state index in [1.165, 1.54) is 0 Å². The molecular weight excluding hydrogens is 294 g/mol. The number of nitrogens with one attached hydrogen (secondary N) is 1. The van der Waals surface area contributed by atoms with Crippen molar-refractivity contribution in [2.24, 2.45) is 11.8 Å². The summed E-state index contributed by atoms with van der Waals surface area (Å²) >= 11 is 0. The van der Waals surface area contributed by atoms with Crippen molar-refractivity contribution in [2.75, 3.05) is 20.2 Å². The second kappa shape index (κ2) is 6.97. The smallest absolute Gasteiger partial charge is 0.224 e. The van der Waals surface area contributed by atoms with Gasteiger partial charge in [0.25, 0.3) is 0 Å². The number of ether oxygens (including phenoxy) is 1. The van der Waals surface area contributed by atoms with Crippen LogP contribution in [0.15, 0.2) is 6.20 Å². The number of methoxy groups -OCH3 is 1. The summed E-state index contributed by atoms with van der Waals surface area (Å²) in [5.41, 5.74) is 0.859. The molecule has 4 heterocycles. The fourth-order valence-corrected chi connectivity index (χ4v) is 3.87. The second-order valence-corrected chi connectivity index (χ2v) is 7.07. The van der Waals surface area contributed by atoms with Crippen molar-refractivity contribution in [3.05, 3.63) is 11.9 Å². The minimum Gasteiger partial charge on any atom is -0.378 e. The molecule has 0 aliphatic carbocycles. The van der Waals surface area contributed by atoms with Crippen molar-refractivity contribution in [3.8, 4) is 0 Å². The van der Waals surface area contributed by atoms with Gasteiger partial charge in [-0.1, -0.05) is 5.21 Å². The van der Waals surface area contributed by atoms with E-state index in [-0.39, 0.29) is 17.9 Å². The number of hydrogen-bond acceptors (Lipinski definition) is 5. The highest BCUT2D eigenvalue weighted by atomic mass is 16.5. The number of aromatic nitrogens is 3. The van der Waals surface area contributed by atoms with Gasteiger partial charge in [0, 0.05) is 25.7 Å². The second-order valence-electron chi connectivity index (χ2n) is 7.07. The summed E-state index contributed by atoms with van der Waals surface area (Å²) in [5.74, 6) is 0.851. The Hall–Kier alpha value is -1.47. The Kier molecular flexibility index (Phi) is 4.96. The number of nitrogens with zero attached hydrogens (tertiary/aromatic N) is 4. The predicted octanol–water partition coefficient (Wildman–Crippen LogP) is 0.660. The lowest BCUT2D eigenvalue weighted by Gasteiger charge is -2.49. The number of fused-ring (bicyclic) bond motifs is 3. The van der Waals surface area contributed by atoms with Gasteiger partial charge < -0.3 is 10.1 Å². The number of rotatable bonds is 6. The molecule has 3 aliphatic rings. The highest BCUT2D eigenvalue weighted by Crippen LogP contribution is 2.36. The molecule has 2 bridgehead atoms. The number of carbonyl (C=O) groups is 1. The summed E-state index contributed by atoms with van der Waals surface area (Å²) in [6, 6.07) is 0.664. The van der Waals surface area contributed by atoms with Crippen molar-refractivity contribution >= 4 is 5.91 Å². The van der Waals surface area contributed by atoms with Gasteiger partial charge in [-0.15, -0.1) is 5.10 Å². The SMILES string of the molecule is COCc1cn(C[C@H]2CC3CCN2C[C@@H]3C(=O)NC(C)C)nn1. The van der Waals surface area contributed by atoms with E-state index < -0.39 is 0 Å². The lowest BCUT2D eigenvalue weighted by Crippen LogP contribution is -2.58. The quantitative estimate of drug-likeness (QED) is 0.833. The first-order valence-corrected chi connectivity index (χ1v) is 8.49. The molecule has 0 spiro atoms. The standard InChI is InChI=1S/C16H27N5O2/c1-11(2)17-16(22)15-9-20-5-4-12(15)6-14(20)8-21-7-13(10-23-3)18-19-21/h7,11-12,14-15H,4-6,8-10H2,1-3H3,(H,17,22)/t12?,14-,15+/m1/s1. The maximum atomic E-state index is 12.4. The molecule has 4 atom stereocenters. The van der Waals surface area contributed by atoms with E-state index in [1.807, 2.05) is 24.7 Å². The Labute approximate surface area is 137 Å². The van der Waals surface area contributed by atoms with Crippen LogP contribution in [-0.2, 0) is 22.7 Å². The highest BCUT2D eigenvalue weighted by molar-refractivity contribution is 5.79. The van der Waals surface area contributed by atoms with E-state index in [1.54, 1.807) is 7.11 Å². The molecule has 128 valence electrons. The van der Waals surface area contributed by atoms with Crippen LogP contribution in [0.3, 0.4) is 0 Å². The van der Waals surface area contributed by atoms with Crippen LogP contribution in [-0.4, -0.2) is 58.1 Å². The van der Waals surface area contributed by atoms with Gasteiger partial charge in [0.05, 0.1) is 25.3 Å².